The molecular weight excluding hydrogens is 476 g/mol. The van der Waals surface area contributed by atoms with Crippen LogP contribution < -0.4 is 5.43 Å². The maximum atomic E-state index is 4.92. The molecule has 0 aliphatic heterocycles. The molecule has 4 nitrogen and oxygen atoms in total. The van der Waals surface area contributed by atoms with E-state index < -0.39 is 0 Å². The third kappa shape index (κ3) is 5.51. The van der Waals surface area contributed by atoms with E-state index >= 15 is 0 Å². The van der Waals surface area contributed by atoms with Crippen LogP contribution in [0.3, 0.4) is 0 Å². The van der Waals surface area contributed by atoms with Crippen LogP contribution in [0, 0.1) is 20.8 Å². The quantitative estimate of drug-likeness (QED) is 0.242. The average molecular weight is 509 g/mol. The van der Waals surface area contributed by atoms with Crippen LogP contribution in [0.25, 0.3) is 27.7 Å². The van der Waals surface area contributed by atoms with E-state index in [4.69, 9.17) is 15.1 Å². The summed E-state index contributed by atoms with van der Waals surface area (Å²) in [6.45, 7) is 6.35. The summed E-state index contributed by atoms with van der Waals surface area (Å²) >= 11 is 0. The fourth-order valence-electron chi connectivity index (χ4n) is 5.26. The van der Waals surface area contributed by atoms with Gasteiger partial charge in [0, 0.05) is 10.9 Å². The number of hydrazone groups is 1. The number of allylic oxidation sites excluding steroid dienone is 2. The van der Waals surface area contributed by atoms with Gasteiger partial charge in [0.05, 0.1) is 16.9 Å². The van der Waals surface area contributed by atoms with E-state index in [-0.39, 0.29) is 0 Å². The summed E-state index contributed by atoms with van der Waals surface area (Å²) in [6, 6.07) is 34.3. The molecule has 0 radical (unpaired) electrons. The van der Waals surface area contributed by atoms with Crippen molar-refractivity contribution in [2.24, 2.45) is 5.10 Å². The molecule has 4 aromatic carbocycles. The monoisotopic (exact) mass is 508 g/mol. The largest absolute Gasteiger partial charge is 0.245 e. The second-order valence-electron chi connectivity index (χ2n) is 10.5. The highest BCUT2D eigenvalue weighted by atomic mass is 15.4. The summed E-state index contributed by atoms with van der Waals surface area (Å²) in [5.41, 5.74) is 14.7. The molecule has 39 heavy (non-hydrogen) atoms. The van der Waals surface area contributed by atoms with Crippen LogP contribution in [0.1, 0.15) is 46.6 Å². The Kier molecular flexibility index (Phi) is 6.76. The van der Waals surface area contributed by atoms with E-state index in [9.17, 15) is 0 Å². The number of nitrogens with zero attached hydrogens (tertiary/aromatic N) is 3. The van der Waals surface area contributed by atoms with Crippen molar-refractivity contribution in [3.05, 3.63) is 131 Å². The lowest BCUT2D eigenvalue weighted by molar-refractivity contribution is 0.731. The Morgan fingerprint density at radius 3 is 2.13 bits per heavy atom. The summed E-state index contributed by atoms with van der Waals surface area (Å²) in [5.74, 6) is 0.855. The lowest BCUT2D eigenvalue weighted by Crippen LogP contribution is -2.14. The normalized spacial score (nSPS) is 16.3. The first-order valence-electron chi connectivity index (χ1n) is 13.5. The molecule has 1 atom stereocenters. The second-order valence-corrected chi connectivity index (χ2v) is 10.5. The number of fused-ring (bicyclic) bond motifs is 1. The minimum absolute atomic E-state index is 0.354. The van der Waals surface area contributed by atoms with Crippen molar-refractivity contribution >= 4 is 28.1 Å². The van der Waals surface area contributed by atoms with E-state index in [1.54, 1.807) is 0 Å². The molecule has 0 spiro atoms. The number of hydrogen-bond donors (Lipinski definition) is 1. The number of rotatable bonds is 5. The maximum Gasteiger partial charge on any atom is 0.244 e. The minimum atomic E-state index is 0.354. The van der Waals surface area contributed by atoms with Gasteiger partial charge in [-0.1, -0.05) is 102 Å². The van der Waals surface area contributed by atoms with Gasteiger partial charge in [-0.05, 0) is 74.4 Å². The number of aromatic nitrogens is 2. The van der Waals surface area contributed by atoms with E-state index in [2.05, 4.69) is 111 Å². The topological polar surface area (TPSA) is 50.2 Å². The van der Waals surface area contributed by atoms with Crippen molar-refractivity contribution < 1.29 is 0 Å². The van der Waals surface area contributed by atoms with Gasteiger partial charge in [0.25, 0.3) is 0 Å². The van der Waals surface area contributed by atoms with Crippen molar-refractivity contribution in [2.45, 2.75) is 39.5 Å². The van der Waals surface area contributed by atoms with E-state index in [1.807, 2.05) is 18.2 Å². The number of aryl methyl sites for hydroxylation is 3. The van der Waals surface area contributed by atoms with Crippen LogP contribution in [0.15, 0.2) is 108 Å². The predicted octanol–water partition coefficient (Wildman–Crippen LogP) is 8.65. The van der Waals surface area contributed by atoms with Crippen molar-refractivity contribution in [3.8, 4) is 11.3 Å². The molecule has 5 aromatic rings. The Hall–Kier alpha value is -4.57. The highest BCUT2D eigenvalue weighted by molar-refractivity contribution is 6.03. The van der Waals surface area contributed by atoms with Gasteiger partial charge in [0.2, 0.25) is 5.95 Å². The highest BCUT2D eigenvalue weighted by Gasteiger charge is 2.22. The Morgan fingerprint density at radius 1 is 0.692 bits per heavy atom. The lowest BCUT2D eigenvalue weighted by Gasteiger charge is -2.25. The van der Waals surface area contributed by atoms with Crippen LogP contribution in [-0.4, -0.2) is 15.7 Å². The summed E-state index contributed by atoms with van der Waals surface area (Å²) in [7, 11) is 0. The molecule has 0 bridgehead atoms. The molecule has 1 N–H and O–H groups in total. The zero-order valence-corrected chi connectivity index (χ0v) is 22.6. The average Bonchev–Trinajstić information content (AvgIpc) is 2.97. The Morgan fingerprint density at radius 2 is 1.38 bits per heavy atom. The smallest absolute Gasteiger partial charge is 0.244 e. The molecule has 0 amide bonds. The van der Waals surface area contributed by atoms with Gasteiger partial charge in [-0.15, -0.1) is 0 Å². The third-order valence-electron chi connectivity index (χ3n) is 7.43. The summed E-state index contributed by atoms with van der Waals surface area (Å²) < 4.78 is 0. The fraction of sp³-hybridized carbons (Fsp3) is 0.171. The molecular formula is C35H32N4. The summed E-state index contributed by atoms with van der Waals surface area (Å²) in [5, 5.41) is 5.90. The minimum Gasteiger partial charge on any atom is -0.245 e. The number of anilines is 1. The van der Waals surface area contributed by atoms with Gasteiger partial charge in [0.15, 0.2) is 0 Å². The number of nitrogens with one attached hydrogen (secondary N) is 1. The predicted molar refractivity (Wildman–Crippen MR) is 163 cm³/mol. The first-order chi connectivity index (χ1) is 19.0. The fourth-order valence-corrected chi connectivity index (χ4v) is 5.26. The number of benzene rings is 4. The van der Waals surface area contributed by atoms with Gasteiger partial charge in [-0.2, -0.15) is 5.10 Å². The van der Waals surface area contributed by atoms with Gasteiger partial charge in [0.1, 0.15) is 0 Å². The first-order valence-corrected chi connectivity index (χ1v) is 13.5. The van der Waals surface area contributed by atoms with E-state index in [0.717, 1.165) is 40.7 Å². The molecule has 0 fully saturated rings. The summed E-state index contributed by atoms with van der Waals surface area (Å²) in [6.07, 6.45) is 4.06. The van der Waals surface area contributed by atoms with Gasteiger partial charge in [-0.3, -0.25) is 0 Å². The van der Waals surface area contributed by atoms with Gasteiger partial charge in [-0.25, -0.2) is 15.4 Å². The Bertz CT molecular complexity index is 1680. The first kappa shape index (κ1) is 24.7. The highest BCUT2D eigenvalue weighted by Crippen LogP contribution is 2.37. The number of hydrogen-bond acceptors (Lipinski definition) is 4. The van der Waals surface area contributed by atoms with Crippen molar-refractivity contribution in [1.82, 2.24) is 9.97 Å². The van der Waals surface area contributed by atoms with Crippen molar-refractivity contribution in [1.29, 1.82) is 0 Å². The summed E-state index contributed by atoms with van der Waals surface area (Å²) in [4.78, 5) is 9.73. The van der Waals surface area contributed by atoms with Crippen molar-refractivity contribution in [2.75, 3.05) is 5.43 Å². The Balaban J connectivity index is 1.38. The molecule has 192 valence electrons. The van der Waals surface area contributed by atoms with Gasteiger partial charge < -0.3 is 0 Å². The van der Waals surface area contributed by atoms with Crippen LogP contribution in [0.5, 0.6) is 0 Å². The lowest BCUT2D eigenvalue weighted by atomic mass is 9.80. The molecule has 0 unspecified atom stereocenters. The Labute approximate surface area is 230 Å². The van der Waals surface area contributed by atoms with Crippen LogP contribution >= 0.6 is 0 Å². The van der Waals surface area contributed by atoms with Crippen LogP contribution in [0.4, 0.5) is 5.95 Å². The van der Waals surface area contributed by atoms with Crippen molar-refractivity contribution in [3.63, 3.8) is 0 Å². The zero-order chi connectivity index (χ0) is 26.8. The van der Waals surface area contributed by atoms with Crippen LogP contribution in [0.2, 0.25) is 0 Å². The van der Waals surface area contributed by atoms with E-state index in [0.29, 0.717) is 11.9 Å². The molecule has 1 aliphatic rings. The molecule has 1 aromatic heterocycles. The maximum absolute atomic E-state index is 4.92. The molecule has 1 aliphatic carbocycles. The van der Waals surface area contributed by atoms with Crippen LogP contribution in [-0.2, 0) is 0 Å². The SMILES string of the molecule is Cc1ccc(C2=C/C(=N/Nc3nc(-c4ccccc4)c4cc(C)ccc4n3)C[C@@H](c3ccc(C)cc3)C2)cc1. The molecule has 0 saturated heterocycles. The zero-order valence-electron chi connectivity index (χ0n) is 22.6. The molecule has 4 heteroatoms. The standard InChI is InChI=1S/C35H32N4/c1-23-9-14-26(15-10-23)29-20-30(27-16-11-24(2)12-17-27)22-31(21-29)38-39-35-36-33-18-13-25(3)19-32(33)34(37-35)28-7-5-4-6-8-28/h4-19,21,30H,20,22H2,1-3H3,(H,36,37,39)/b38-31-/t30-/m0/s1. The molecule has 0 saturated carbocycles. The second kappa shape index (κ2) is 10.7. The molecule has 1 heterocycles. The molecule has 6 rings (SSSR count). The van der Waals surface area contributed by atoms with E-state index in [1.165, 1.54) is 33.4 Å². The third-order valence-corrected chi connectivity index (χ3v) is 7.43. The van der Waals surface area contributed by atoms with Gasteiger partial charge >= 0.3 is 0 Å².